The predicted octanol–water partition coefficient (Wildman–Crippen LogP) is -0.118. The smallest absolute Gasteiger partial charge is 0.0856 e. The summed E-state index contributed by atoms with van der Waals surface area (Å²) in [5, 5.41) is 13.5. The van der Waals surface area contributed by atoms with E-state index in [1.165, 1.54) is 0 Å². The summed E-state index contributed by atoms with van der Waals surface area (Å²) in [4.78, 5) is 0. The normalized spacial score (nSPS) is 51.4. The van der Waals surface area contributed by atoms with Gasteiger partial charge in [0.15, 0.2) is 0 Å². The molecule has 2 unspecified atom stereocenters. The fourth-order valence-electron chi connectivity index (χ4n) is 1.79. The summed E-state index contributed by atoms with van der Waals surface area (Å²) in [6.45, 7) is 2.38. The fourth-order valence-corrected chi connectivity index (χ4v) is 1.79. The average Bonchev–Trinajstić information content (AvgIpc) is 2.22. The quantitative estimate of drug-likeness (QED) is 0.504. The van der Waals surface area contributed by atoms with Gasteiger partial charge in [0, 0.05) is 0 Å². The summed E-state index contributed by atoms with van der Waals surface area (Å²) in [5.74, 6) is 2.09. The second kappa shape index (κ2) is 1.45. The summed E-state index contributed by atoms with van der Waals surface area (Å²) in [5.41, 5.74) is 0. The lowest BCUT2D eigenvalue weighted by Crippen LogP contribution is -2.15. The molecule has 1 saturated heterocycles. The topological polar surface area (TPSA) is 31.9 Å². The van der Waals surface area contributed by atoms with Gasteiger partial charge in [0.05, 0.1) is 6.61 Å². The molecule has 45 valence electrons. The number of nitrogens with one attached hydrogen (secondary N) is 1. The maximum absolute atomic E-state index is 10.3. The summed E-state index contributed by atoms with van der Waals surface area (Å²) in [6.07, 6.45) is 0. The van der Waals surface area contributed by atoms with Gasteiger partial charge in [0.1, 0.15) is 0 Å². The minimum absolute atomic E-state index is 0.164. The Balaban J connectivity index is 1.94. The number of fused-ring (bicyclic) bond motifs is 1. The molecule has 1 N–H and O–H groups in total. The maximum Gasteiger partial charge on any atom is 0.0856 e. The Labute approximate surface area is 48.9 Å². The van der Waals surface area contributed by atoms with E-state index in [0.29, 0.717) is 5.92 Å². The molecule has 0 aromatic heterocycles. The highest BCUT2D eigenvalue weighted by Gasteiger charge is 2.52. The van der Waals surface area contributed by atoms with Gasteiger partial charge in [0.25, 0.3) is 0 Å². The van der Waals surface area contributed by atoms with Crippen molar-refractivity contribution in [1.82, 2.24) is 5.32 Å². The molecule has 1 aliphatic heterocycles. The van der Waals surface area contributed by atoms with E-state index in [1.54, 1.807) is 0 Å². The minimum Gasteiger partial charge on any atom is -0.316 e. The molecular weight excluding hydrogens is 102 g/mol. The molecule has 1 heterocycles. The Bertz CT molecular complexity index is 87.9. The van der Waals surface area contributed by atoms with Crippen LogP contribution in [0.25, 0.3) is 0 Å². The van der Waals surface area contributed by atoms with E-state index >= 15 is 0 Å². The maximum atomic E-state index is 10.3. The molecule has 2 atom stereocenters. The number of piperidine rings is 1. The van der Waals surface area contributed by atoms with Crippen LogP contribution in [0.4, 0.5) is 0 Å². The lowest BCUT2D eigenvalue weighted by molar-refractivity contribution is 0.167. The molecule has 2 fully saturated rings. The Morgan fingerprint density at radius 3 is 2.38 bits per heavy atom. The van der Waals surface area contributed by atoms with Gasteiger partial charge in [-0.3, -0.25) is 0 Å². The van der Waals surface area contributed by atoms with Gasteiger partial charge in [-0.15, -0.1) is 0 Å². The third kappa shape index (κ3) is 0.446. The first-order valence-corrected chi connectivity index (χ1v) is 3.22. The summed E-state index contributed by atoms with van der Waals surface area (Å²) < 4.78 is 0. The van der Waals surface area contributed by atoms with Gasteiger partial charge in [0.2, 0.25) is 0 Å². The van der Waals surface area contributed by atoms with Crippen LogP contribution in [-0.4, -0.2) is 19.7 Å². The Hall–Kier alpha value is -0.0800. The molecule has 0 aromatic carbocycles. The van der Waals surface area contributed by atoms with Gasteiger partial charge < -0.3 is 5.32 Å². The zero-order valence-electron chi connectivity index (χ0n) is 4.76. The van der Waals surface area contributed by atoms with Gasteiger partial charge >= 0.3 is 0 Å². The predicted molar refractivity (Wildman–Crippen MR) is 28.9 cm³/mol. The van der Waals surface area contributed by atoms with Crippen LogP contribution < -0.4 is 5.32 Å². The monoisotopic (exact) mass is 112 g/mol. The van der Waals surface area contributed by atoms with Gasteiger partial charge in [-0.1, -0.05) is 0 Å². The molecule has 0 aromatic rings. The molecule has 8 heavy (non-hydrogen) atoms. The first kappa shape index (κ1) is 4.77. The van der Waals surface area contributed by atoms with Crippen molar-refractivity contribution in [3.05, 3.63) is 0 Å². The molecule has 1 saturated carbocycles. The van der Waals surface area contributed by atoms with Crippen molar-refractivity contribution in [2.45, 2.75) is 0 Å². The highest BCUT2D eigenvalue weighted by Crippen LogP contribution is 2.47. The van der Waals surface area contributed by atoms with Crippen LogP contribution in [0.3, 0.4) is 0 Å². The second-order valence-corrected chi connectivity index (χ2v) is 2.82. The first-order valence-electron chi connectivity index (χ1n) is 3.22. The number of rotatable bonds is 1. The van der Waals surface area contributed by atoms with Crippen molar-refractivity contribution in [2.24, 2.45) is 17.8 Å². The van der Waals surface area contributed by atoms with Gasteiger partial charge in [-0.25, -0.2) is 5.11 Å². The minimum atomic E-state index is 0.164. The van der Waals surface area contributed by atoms with Crippen molar-refractivity contribution in [2.75, 3.05) is 19.7 Å². The Kier molecular flexibility index (Phi) is 0.866. The molecule has 0 amide bonds. The third-order valence-electron chi connectivity index (χ3n) is 2.46. The molecule has 2 heteroatoms. The van der Waals surface area contributed by atoms with Crippen molar-refractivity contribution in [3.63, 3.8) is 0 Å². The van der Waals surface area contributed by atoms with Crippen LogP contribution >= 0.6 is 0 Å². The number of hydrogen-bond acceptors (Lipinski definition) is 1. The SMILES string of the molecule is [O]CC1C2CNCC12. The van der Waals surface area contributed by atoms with Crippen LogP contribution in [-0.2, 0) is 5.11 Å². The van der Waals surface area contributed by atoms with E-state index in [0.717, 1.165) is 24.9 Å². The molecule has 0 bridgehead atoms. The highest BCUT2D eigenvalue weighted by atomic mass is 16.3. The highest BCUT2D eigenvalue weighted by molar-refractivity contribution is 5.03. The molecule has 1 aliphatic carbocycles. The van der Waals surface area contributed by atoms with E-state index in [4.69, 9.17) is 0 Å². The van der Waals surface area contributed by atoms with E-state index in [1.807, 2.05) is 0 Å². The second-order valence-electron chi connectivity index (χ2n) is 2.82. The lowest BCUT2D eigenvalue weighted by atomic mass is 10.3. The molecule has 1 radical (unpaired) electrons. The van der Waals surface area contributed by atoms with Crippen molar-refractivity contribution in [1.29, 1.82) is 0 Å². The van der Waals surface area contributed by atoms with Crippen molar-refractivity contribution in [3.8, 4) is 0 Å². The van der Waals surface area contributed by atoms with E-state index < -0.39 is 0 Å². The average molecular weight is 112 g/mol. The third-order valence-corrected chi connectivity index (χ3v) is 2.46. The Morgan fingerprint density at radius 2 is 2.00 bits per heavy atom. The molecule has 0 spiro atoms. The largest absolute Gasteiger partial charge is 0.316 e. The van der Waals surface area contributed by atoms with Crippen LogP contribution in [0.15, 0.2) is 0 Å². The van der Waals surface area contributed by atoms with Gasteiger partial charge in [-0.2, -0.15) is 0 Å². The summed E-state index contributed by atoms with van der Waals surface area (Å²) in [7, 11) is 0. The summed E-state index contributed by atoms with van der Waals surface area (Å²) in [6, 6.07) is 0. The van der Waals surface area contributed by atoms with Crippen LogP contribution in [0, 0.1) is 17.8 Å². The van der Waals surface area contributed by atoms with Gasteiger partial charge in [-0.05, 0) is 30.8 Å². The zero-order chi connectivity index (χ0) is 5.56. The van der Waals surface area contributed by atoms with E-state index in [2.05, 4.69) is 5.32 Å². The van der Waals surface area contributed by atoms with Crippen LogP contribution in [0.5, 0.6) is 0 Å². The lowest BCUT2D eigenvalue weighted by Gasteiger charge is -1.96. The molecular formula is C6H10NO. The number of hydrogen-bond donors (Lipinski definition) is 1. The molecule has 2 aliphatic rings. The standard InChI is InChI=1S/C6H10NO/c8-3-6-4-1-7-2-5(4)6/h4-7H,1-3H2. The van der Waals surface area contributed by atoms with Crippen molar-refractivity contribution < 1.29 is 5.11 Å². The molecule has 2 rings (SSSR count). The van der Waals surface area contributed by atoms with Crippen LogP contribution in [0.2, 0.25) is 0 Å². The van der Waals surface area contributed by atoms with Crippen molar-refractivity contribution >= 4 is 0 Å². The summed E-state index contributed by atoms with van der Waals surface area (Å²) >= 11 is 0. The first-order chi connectivity index (χ1) is 3.93. The molecule has 2 nitrogen and oxygen atoms in total. The van der Waals surface area contributed by atoms with E-state index in [9.17, 15) is 5.11 Å². The van der Waals surface area contributed by atoms with E-state index in [-0.39, 0.29) is 6.61 Å². The fraction of sp³-hybridized carbons (Fsp3) is 1.00. The van der Waals surface area contributed by atoms with Crippen LogP contribution in [0.1, 0.15) is 0 Å². The zero-order valence-corrected chi connectivity index (χ0v) is 4.76. The Morgan fingerprint density at radius 1 is 1.38 bits per heavy atom.